The van der Waals surface area contributed by atoms with Crippen LogP contribution in [0.4, 0.5) is 0 Å². The van der Waals surface area contributed by atoms with Crippen LogP contribution in [0.3, 0.4) is 0 Å². The quantitative estimate of drug-likeness (QED) is 0.438. The van der Waals surface area contributed by atoms with Crippen LogP contribution in [0.2, 0.25) is 0 Å². The summed E-state index contributed by atoms with van der Waals surface area (Å²) in [6.45, 7) is 3.57. The van der Waals surface area contributed by atoms with Gasteiger partial charge < -0.3 is 14.6 Å². The second kappa shape index (κ2) is 8.86. The van der Waals surface area contributed by atoms with E-state index in [9.17, 15) is 9.90 Å². The molecule has 106 valence electrons. The molecule has 1 aromatic rings. The molecular weight excluding hydrogens is 258 g/mol. The average molecular weight is 275 g/mol. The summed E-state index contributed by atoms with van der Waals surface area (Å²) in [6, 6.07) is 9.39. The molecule has 1 aromatic carbocycles. The second-order valence-electron chi connectivity index (χ2n) is 4.08. The van der Waals surface area contributed by atoms with E-state index in [1.54, 1.807) is 12.1 Å². The van der Waals surface area contributed by atoms with Crippen molar-refractivity contribution in [3.63, 3.8) is 0 Å². The predicted octanol–water partition coefficient (Wildman–Crippen LogP) is 1.21. The topological polar surface area (TPSA) is 79.6 Å². The lowest BCUT2D eigenvalue weighted by Gasteiger charge is -2.11. The minimum atomic E-state index is -0.870. The Labute approximate surface area is 118 Å². The summed E-state index contributed by atoms with van der Waals surface area (Å²) in [5.74, 6) is -0.577. The first kappa shape index (κ1) is 15.9. The molecule has 20 heavy (non-hydrogen) atoms. The summed E-state index contributed by atoms with van der Waals surface area (Å²) < 4.78 is 9.96. The van der Waals surface area contributed by atoms with Crippen LogP contribution < -0.4 is 0 Å². The van der Waals surface area contributed by atoms with Gasteiger partial charge in [-0.05, 0) is 18.1 Å². The highest BCUT2D eigenvalue weighted by atomic mass is 16.5. The molecule has 0 heterocycles. The molecule has 1 atom stereocenters. The summed E-state index contributed by atoms with van der Waals surface area (Å²) >= 11 is 0. The van der Waals surface area contributed by atoms with Gasteiger partial charge in [-0.1, -0.05) is 24.8 Å². The number of nitrogens with zero attached hydrogens (tertiary/aromatic N) is 1. The maximum Gasteiger partial charge on any atom is 0.330 e. The number of hydrogen-bond donors (Lipinski definition) is 1. The molecule has 0 saturated heterocycles. The summed E-state index contributed by atoms with van der Waals surface area (Å²) in [4.78, 5) is 10.8. The Kier molecular flexibility index (Phi) is 7.04. The van der Waals surface area contributed by atoms with Crippen LogP contribution in [0, 0.1) is 11.3 Å². The molecule has 0 spiro atoms. The van der Waals surface area contributed by atoms with Crippen molar-refractivity contribution < 1.29 is 19.4 Å². The van der Waals surface area contributed by atoms with Crippen LogP contribution in [0.1, 0.15) is 11.1 Å². The van der Waals surface area contributed by atoms with Gasteiger partial charge in [0.05, 0.1) is 24.8 Å². The molecule has 0 aromatic heterocycles. The van der Waals surface area contributed by atoms with Gasteiger partial charge in [0.2, 0.25) is 0 Å². The fourth-order valence-electron chi connectivity index (χ4n) is 1.53. The number of esters is 1. The lowest BCUT2D eigenvalue weighted by Crippen LogP contribution is -2.23. The van der Waals surface area contributed by atoms with Crippen molar-refractivity contribution in [2.45, 2.75) is 12.5 Å². The highest BCUT2D eigenvalue weighted by Crippen LogP contribution is 2.08. The van der Waals surface area contributed by atoms with E-state index in [2.05, 4.69) is 17.4 Å². The van der Waals surface area contributed by atoms with Crippen molar-refractivity contribution in [2.24, 2.45) is 0 Å². The molecule has 0 fully saturated rings. The summed E-state index contributed by atoms with van der Waals surface area (Å²) in [7, 11) is 0. The third-order valence-electron chi connectivity index (χ3n) is 2.55. The molecule has 0 bridgehead atoms. The van der Waals surface area contributed by atoms with Crippen molar-refractivity contribution in [3.8, 4) is 6.07 Å². The van der Waals surface area contributed by atoms with Gasteiger partial charge in [-0.2, -0.15) is 5.26 Å². The Hall–Kier alpha value is -2.16. The number of rotatable bonds is 8. The molecule has 0 aliphatic heterocycles. The molecule has 0 radical (unpaired) electrons. The number of ether oxygens (including phenoxy) is 2. The summed E-state index contributed by atoms with van der Waals surface area (Å²) in [6.07, 6.45) is 0.750. The van der Waals surface area contributed by atoms with Gasteiger partial charge in [0.1, 0.15) is 12.7 Å². The van der Waals surface area contributed by atoms with Crippen molar-refractivity contribution in [2.75, 3.05) is 19.8 Å². The molecule has 1 rings (SSSR count). The lowest BCUT2D eigenvalue weighted by atomic mass is 10.1. The van der Waals surface area contributed by atoms with Crippen molar-refractivity contribution in [3.05, 3.63) is 48.0 Å². The molecule has 0 aliphatic carbocycles. The zero-order valence-electron chi connectivity index (χ0n) is 11.1. The van der Waals surface area contributed by atoms with Crippen LogP contribution in [0.15, 0.2) is 36.9 Å². The standard InChI is InChI=1S/C15H17NO4/c1-2-15(18)20-11-14(17)10-19-8-7-12-5-3-4-6-13(12)9-16/h2-6,14,17H,1,7-8,10-11H2. The number of nitriles is 1. The first-order valence-electron chi connectivity index (χ1n) is 6.20. The first-order valence-corrected chi connectivity index (χ1v) is 6.20. The predicted molar refractivity (Wildman–Crippen MR) is 72.8 cm³/mol. The van der Waals surface area contributed by atoms with Gasteiger partial charge >= 0.3 is 5.97 Å². The van der Waals surface area contributed by atoms with Gasteiger partial charge in [-0.15, -0.1) is 0 Å². The SMILES string of the molecule is C=CC(=O)OCC(O)COCCc1ccccc1C#N. The Balaban J connectivity index is 2.23. The van der Waals surface area contributed by atoms with E-state index in [4.69, 9.17) is 10.00 Å². The van der Waals surface area contributed by atoms with E-state index >= 15 is 0 Å². The van der Waals surface area contributed by atoms with Gasteiger partial charge in [-0.25, -0.2) is 4.79 Å². The molecule has 5 heteroatoms. The third-order valence-corrected chi connectivity index (χ3v) is 2.55. The molecule has 0 saturated carbocycles. The Morgan fingerprint density at radius 1 is 1.45 bits per heavy atom. The minimum Gasteiger partial charge on any atom is -0.460 e. The van der Waals surface area contributed by atoms with Gasteiger partial charge in [0, 0.05) is 6.08 Å². The molecule has 1 unspecified atom stereocenters. The Morgan fingerprint density at radius 3 is 2.90 bits per heavy atom. The van der Waals surface area contributed by atoms with Crippen LogP contribution in [0.25, 0.3) is 0 Å². The van der Waals surface area contributed by atoms with Crippen molar-refractivity contribution in [1.29, 1.82) is 5.26 Å². The Bertz CT molecular complexity index is 493. The number of aliphatic hydroxyl groups is 1. The molecule has 0 amide bonds. The van der Waals surface area contributed by atoms with Crippen LogP contribution in [-0.2, 0) is 20.7 Å². The van der Waals surface area contributed by atoms with E-state index < -0.39 is 12.1 Å². The average Bonchev–Trinajstić information content (AvgIpc) is 2.49. The van der Waals surface area contributed by atoms with E-state index in [-0.39, 0.29) is 13.2 Å². The lowest BCUT2D eigenvalue weighted by molar-refractivity contribution is -0.141. The molecule has 1 N–H and O–H groups in total. The number of aliphatic hydroxyl groups excluding tert-OH is 1. The normalized spacial score (nSPS) is 11.4. The van der Waals surface area contributed by atoms with E-state index in [1.807, 2.05) is 12.1 Å². The van der Waals surface area contributed by atoms with Crippen LogP contribution in [-0.4, -0.2) is 37.0 Å². The number of carbonyl (C=O) groups excluding carboxylic acids is 1. The maximum atomic E-state index is 10.8. The number of benzene rings is 1. The van der Waals surface area contributed by atoms with Gasteiger partial charge in [0.15, 0.2) is 0 Å². The van der Waals surface area contributed by atoms with Gasteiger partial charge in [-0.3, -0.25) is 0 Å². The smallest absolute Gasteiger partial charge is 0.330 e. The summed E-state index contributed by atoms with van der Waals surface area (Å²) in [5, 5.41) is 18.4. The maximum absolute atomic E-state index is 10.8. The molecule has 0 aliphatic rings. The number of carbonyl (C=O) groups is 1. The van der Waals surface area contributed by atoms with Crippen molar-refractivity contribution in [1.82, 2.24) is 0 Å². The largest absolute Gasteiger partial charge is 0.460 e. The van der Waals surface area contributed by atoms with Gasteiger partial charge in [0.25, 0.3) is 0 Å². The fraction of sp³-hybridized carbons (Fsp3) is 0.333. The van der Waals surface area contributed by atoms with Crippen LogP contribution >= 0.6 is 0 Å². The highest BCUT2D eigenvalue weighted by molar-refractivity contribution is 5.81. The first-order chi connectivity index (χ1) is 9.67. The third kappa shape index (κ3) is 5.65. The van der Waals surface area contributed by atoms with Crippen molar-refractivity contribution >= 4 is 5.97 Å². The summed E-state index contributed by atoms with van der Waals surface area (Å²) in [5.41, 5.74) is 1.53. The Morgan fingerprint density at radius 2 is 2.20 bits per heavy atom. The van der Waals surface area contributed by atoms with E-state index in [0.29, 0.717) is 18.6 Å². The molecular formula is C15H17NO4. The van der Waals surface area contributed by atoms with E-state index in [0.717, 1.165) is 11.6 Å². The fourth-order valence-corrected chi connectivity index (χ4v) is 1.53. The van der Waals surface area contributed by atoms with E-state index in [1.165, 1.54) is 0 Å². The van der Waals surface area contributed by atoms with Crippen LogP contribution in [0.5, 0.6) is 0 Å². The zero-order valence-corrected chi connectivity index (χ0v) is 11.1. The monoisotopic (exact) mass is 275 g/mol. The minimum absolute atomic E-state index is 0.0686. The zero-order chi connectivity index (χ0) is 14.8. The highest BCUT2D eigenvalue weighted by Gasteiger charge is 2.07. The number of hydrogen-bond acceptors (Lipinski definition) is 5. The molecule has 5 nitrogen and oxygen atoms in total. The second-order valence-corrected chi connectivity index (χ2v) is 4.08.